The normalized spacial score (nSPS) is 25.1. The van der Waals surface area contributed by atoms with Crippen molar-refractivity contribution in [3.63, 3.8) is 0 Å². The van der Waals surface area contributed by atoms with Crippen LogP contribution in [0.4, 0.5) is 0 Å². The fourth-order valence-corrected chi connectivity index (χ4v) is 5.04. The van der Waals surface area contributed by atoms with Gasteiger partial charge in [0.2, 0.25) is 0 Å². The van der Waals surface area contributed by atoms with Gasteiger partial charge in [0, 0.05) is 18.5 Å². The Bertz CT molecular complexity index is 831. The Hall–Kier alpha value is -2.00. The second-order valence-electron chi connectivity index (χ2n) is 8.32. The summed E-state index contributed by atoms with van der Waals surface area (Å²) in [5.41, 5.74) is 5.58. The fraction of sp³-hybridized carbons (Fsp3) is 0.500. The Kier molecular flexibility index (Phi) is 4.56. The molecule has 5 rings (SSSR count). The first-order valence-electron chi connectivity index (χ1n) is 10.6. The zero-order chi connectivity index (χ0) is 18.2. The summed E-state index contributed by atoms with van der Waals surface area (Å²) >= 11 is 0. The molecule has 2 heterocycles. The van der Waals surface area contributed by atoms with E-state index in [1.165, 1.54) is 55.3 Å². The number of ether oxygens (including phenoxy) is 2. The molecule has 2 aromatic rings. The molecule has 27 heavy (non-hydrogen) atoms. The number of benzene rings is 2. The summed E-state index contributed by atoms with van der Waals surface area (Å²) in [6.45, 7) is 5.16. The average molecular weight is 364 g/mol. The molecule has 3 heteroatoms. The molecule has 0 saturated carbocycles. The molecule has 142 valence electrons. The molecule has 2 unspecified atom stereocenters. The Balaban J connectivity index is 1.38. The number of likely N-dealkylation sites (tertiary alicyclic amines) is 1. The molecule has 1 saturated heterocycles. The van der Waals surface area contributed by atoms with Crippen molar-refractivity contribution in [1.29, 1.82) is 0 Å². The molecule has 0 N–H and O–H groups in total. The SMILES string of the molecule is CC1CCCN1C1CCc2cc(-c3ccc4c(c3)OCCCO4)ccc2C1. The smallest absolute Gasteiger partial charge is 0.161 e. The highest BCUT2D eigenvalue weighted by atomic mass is 16.5. The molecule has 2 aliphatic heterocycles. The third kappa shape index (κ3) is 3.34. The number of hydrogen-bond acceptors (Lipinski definition) is 3. The van der Waals surface area contributed by atoms with Gasteiger partial charge >= 0.3 is 0 Å². The van der Waals surface area contributed by atoms with Crippen molar-refractivity contribution in [2.45, 2.75) is 57.5 Å². The van der Waals surface area contributed by atoms with Crippen LogP contribution >= 0.6 is 0 Å². The average Bonchev–Trinajstić information content (AvgIpc) is 2.99. The molecule has 0 bridgehead atoms. The Morgan fingerprint density at radius 3 is 2.52 bits per heavy atom. The molecule has 3 aliphatic rings. The highest BCUT2D eigenvalue weighted by molar-refractivity contribution is 5.68. The third-order valence-corrected chi connectivity index (χ3v) is 6.56. The summed E-state index contributed by atoms with van der Waals surface area (Å²) in [5.74, 6) is 1.75. The minimum absolute atomic E-state index is 0.733. The standard InChI is InChI=1S/C24H29NO2/c1-17-4-2-11-25(17)22-9-7-19-14-18(5-6-20(19)15-22)21-8-10-23-24(16-21)27-13-3-12-26-23/h5-6,8,10,14,16-17,22H,2-4,7,9,11-13,15H2,1H3. The van der Waals surface area contributed by atoms with Crippen LogP contribution in [0.15, 0.2) is 36.4 Å². The summed E-state index contributed by atoms with van der Waals surface area (Å²) in [5, 5.41) is 0. The van der Waals surface area contributed by atoms with Gasteiger partial charge in [-0.3, -0.25) is 4.90 Å². The maximum Gasteiger partial charge on any atom is 0.161 e. The van der Waals surface area contributed by atoms with Crippen molar-refractivity contribution in [2.24, 2.45) is 0 Å². The van der Waals surface area contributed by atoms with E-state index in [0.29, 0.717) is 0 Å². The summed E-state index contributed by atoms with van der Waals surface area (Å²) in [6, 6.07) is 14.9. The van der Waals surface area contributed by atoms with Crippen LogP contribution in [0, 0.1) is 0 Å². The van der Waals surface area contributed by atoms with Crippen LogP contribution in [0.25, 0.3) is 11.1 Å². The van der Waals surface area contributed by atoms with Gasteiger partial charge in [0.1, 0.15) is 0 Å². The zero-order valence-corrected chi connectivity index (χ0v) is 16.2. The van der Waals surface area contributed by atoms with Crippen molar-refractivity contribution in [3.8, 4) is 22.6 Å². The van der Waals surface area contributed by atoms with Gasteiger partial charge in [-0.2, -0.15) is 0 Å². The van der Waals surface area contributed by atoms with Gasteiger partial charge in [-0.15, -0.1) is 0 Å². The van der Waals surface area contributed by atoms with Crippen LogP contribution in [0.2, 0.25) is 0 Å². The number of aryl methyl sites for hydroxylation is 1. The molecule has 0 amide bonds. The molecule has 2 atom stereocenters. The van der Waals surface area contributed by atoms with Crippen molar-refractivity contribution in [1.82, 2.24) is 4.90 Å². The highest BCUT2D eigenvalue weighted by Gasteiger charge is 2.30. The molecule has 1 aliphatic carbocycles. The Morgan fingerprint density at radius 2 is 1.67 bits per heavy atom. The van der Waals surface area contributed by atoms with E-state index in [4.69, 9.17) is 9.47 Å². The van der Waals surface area contributed by atoms with E-state index in [1.807, 2.05) is 0 Å². The highest BCUT2D eigenvalue weighted by Crippen LogP contribution is 2.36. The maximum atomic E-state index is 5.87. The summed E-state index contributed by atoms with van der Waals surface area (Å²) in [7, 11) is 0. The molecule has 0 radical (unpaired) electrons. The predicted molar refractivity (Wildman–Crippen MR) is 109 cm³/mol. The van der Waals surface area contributed by atoms with Gasteiger partial charge < -0.3 is 9.47 Å². The zero-order valence-electron chi connectivity index (χ0n) is 16.2. The van der Waals surface area contributed by atoms with E-state index < -0.39 is 0 Å². The van der Waals surface area contributed by atoms with E-state index >= 15 is 0 Å². The predicted octanol–water partition coefficient (Wildman–Crippen LogP) is 4.86. The van der Waals surface area contributed by atoms with Gasteiger partial charge in [0.15, 0.2) is 11.5 Å². The van der Waals surface area contributed by atoms with Crippen molar-refractivity contribution in [3.05, 3.63) is 47.5 Å². The summed E-state index contributed by atoms with van der Waals surface area (Å²) < 4.78 is 11.6. The first-order valence-corrected chi connectivity index (χ1v) is 10.6. The van der Waals surface area contributed by atoms with Crippen molar-refractivity contribution < 1.29 is 9.47 Å². The van der Waals surface area contributed by atoms with Crippen LogP contribution in [0.1, 0.15) is 43.7 Å². The van der Waals surface area contributed by atoms with Crippen molar-refractivity contribution >= 4 is 0 Å². The molecule has 1 fully saturated rings. The molecule has 3 nitrogen and oxygen atoms in total. The fourth-order valence-electron chi connectivity index (χ4n) is 5.04. The van der Waals surface area contributed by atoms with Gasteiger partial charge in [-0.1, -0.05) is 24.3 Å². The summed E-state index contributed by atoms with van der Waals surface area (Å²) in [6.07, 6.45) is 7.38. The first-order chi connectivity index (χ1) is 13.3. The number of hydrogen-bond donors (Lipinski definition) is 0. The topological polar surface area (TPSA) is 21.7 Å². The van der Waals surface area contributed by atoms with E-state index in [-0.39, 0.29) is 0 Å². The summed E-state index contributed by atoms with van der Waals surface area (Å²) in [4.78, 5) is 2.75. The van der Waals surface area contributed by atoms with Gasteiger partial charge in [-0.25, -0.2) is 0 Å². The van der Waals surface area contributed by atoms with Gasteiger partial charge in [0.25, 0.3) is 0 Å². The molecule has 2 aromatic carbocycles. The van der Waals surface area contributed by atoms with E-state index in [9.17, 15) is 0 Å². The second-order valence-corrected chi connectivity index (χ2v) is 8.32. The monoisotopic (exact) mass is 363 g/mol. The lowest BCUT2D eigenvalue weighted by atomic mass is 9.85. The number of rotatable bonds is 2. The first kappa shape index (κ1) is 17.1. The van der Waals surface area contributed by atoms with E-state index in [1.54, 1.807) is 5.56 Å². The lowest BCUT2D eigenvalue weighted by molar-refractivity contribution is 0.174. The van der Waals surface area contributed by atoms with Gasteiger partial charge in [-0.05, 0) is 80.0 Å². The lowest BCUT2D eigenvalue weighted by Crippen LogP contribution is -2.41. The van der Waals surface area contributed by atoms with Crippen LogP contribution in [-0.4, -0.2) is 36.7 Å². The number of fused-ring (bicyclic) bond motifs is 2. The Morgan fingerprint density at radius 1 is 0.852 bits per heavy atom. The van der Waals surface area contributed by atoms with Crippen LogP contribution < -0.4 is 9.47 Å². The number of nitrogens with zero attached hydrogens (tertiary/aromatic N) is 1. The van der Waals surface area contributed by atoms with Crippen LogP contribution in [0.3, 0.4) is 0 Å². The molecule has 0 spiro atoms. The molecular weight excluding hydrogens is 334 g/mol. The minimum Gasteiger partial charge on any atom is -0.490 e. The third-order valence-electron chi connectivity index (χ3n) is 6.56. The lowest BCUT2D eigenvalue weighted by Gasteiger charge is -2.35. The van der Waals surface area contributed by atoms with Crippen LogP contribution in [-0.2, 0) is 12.8 Å². The largest absolute Gasteiger partial charge is 0.490 e. The van der Waals surface area contributed by atoms with E-state index in [2.05, 4.69) is 48.2 Å². The quantitative estimate of drug-likeness (QED) is 0.761. The van der Waals surface area contributed by atoms with Gasteiger partial charge in [0.05, 0.1) is 13.2 Å². The van der Waals surface area contributed by atoms with Crippen LogP contribution in [0.5, 0.6) is 11.5 Å². The maximum absolute atomic E-state index is 5.87. The van der Waals surface area contributed by atoms with Crippen molar-refractivity contribution in [2.75, 3.05) is 19.8 Å². The minimum atomic E-state index is 0.733. The molecular formula is C24H29NO2. The Labute approximate surface area is 162 Å². The molecule has 0 aromatic heterocycles. The van der Waals surface area contributed by atoms with E-state index in [0.717, 1.165) is 43.2 Å². The second kappa shape index (κ2) is 7.20.